The minimum atomic E-state index is -0.333. The first-order chi connectivity index (χ1) is 19.4. The average Bonchev–Trinajstić information content (AvgIpc) is 2.99. The molecule has 2 aliphatic rings. The second-order valence-electron chi connectivity index (χ2n) is 10.9. The van der Waals surface area contributed by atoms with Gasteiger partial charge in [0, 0.05) is 45.2 Å². The highest BCUT2D eigenvalue weighted by Crippen LogP contribution is 2.43. The van der Waals surface area contributed by atoms with Gasteiger partial charge in [0.2, 0.25) is 0 Å². The normalized spacial score (nSPS) is 19.9. The molecule has 3 aromatic rings. The summed E-state index contributed by atoms with van der Waals surface area (Å²) < 4.78 is 44.9. The lowest BCUT2D eigenvalue weighted by atomic mass is 9.81. The fourth-order valence-electron chi connectivity index (χ4n) is 6.25. The first-order valence-electron chi connectivity index (χ1n) is 14.3. The lowest BCUT2D eigenvalue weighted by molar-refractivity contribution is -0.0755. The van der Waals surface area contributed by atoms with Crippen molar-refractivity contribution in [2.45, 2.75) is 37.7 Å². The molecule has 0 N–H and O–H groups in total. The molecule has 7 heteroatoms. The van der Waals surface area contributed by atoms with Gasteiger partial charge in [0.05, 0.1) is 26.4 Å². The number of rotatable bonds is 10. The highest BCUT2D eigenvalue weighted by molar-refractivity contribution is 5.50. The number of halogens is 2. The van der Waals surface area contributed by atoms with Crippen molar-refractivity contribution >= 4 is 0 Å². The van der Waals surface area contributed by atoms with Crippen LogP contribution in [0.3, 0.4) is 0 Å². The van der Waals surface area contributed by atoms with Gasteiger partial charge >= 0.3 is 0 Å². The van der Waals surface area contributed by atoms with E-state index < -0.39 is 0 Å². The molecular weight excluding hydrogens is 510 g/mol. The number of methoxy groups -OCH3 is 2. The zero-order chi connectivity index (χ0) is 28.1. The monoisotopic (exact) mass is 550 g/mol. The van der Waals surface area contributed by atoms with Gasteiger partial charge in [-0.1, -0.05) is 31.2 Å². The van der Waals surface area contributed by atoms with Gasteiger partial charge in [-0.15, -0.1) is 0 Å². The van der Waals surface area contributed by atoms with Crippen LogP contribution >= 0.6 is 0 Å². The zero-order valence-corrected chi connectivity index (χ0v) is 23.8. The predicted octanol–water partition coefficient (Wildman–Crippen LogP) is 6.00. The van der Waals surface area contributed by atoms with Crippen LogP contribution in [0.4, 0.5) is 8.78 Å². The van der Waals surface area contributed by atoms with Gasteiger partial charge in [-0.3, -0.25) is 4.90 Å². The van der Waals surface area contributed by atoms with E-state index in [0.717, 1.165) is 81.2 Å². The molecule has 5 nitrogen and oxygen atoms in total. The van der Waals surface area contributed by atoms with Gasteiger partial charge in [-0.05, 0) is 77.9 Å². The van der Waals surface area contributed by atoms with Crippen LogP contribution in [0.15, 0.2) is 60.7 Å². The van der Waals surface area contributed by atoms with E-state index in [-0.39, 0.29) is 23.2 Å². The fraction of sp³-hybridized carbons (Fsp3) is 0.455. The van der Waals surface area contributed by atoms with Crippen LogP contribution in [0.1, 0.15) is 47.9 Å². The summed E-state index contributed by atoms with van der Waals surface area (Å²) in [6.45, 7) is 8.50. The zero-order valence-electron chi connectivity index (χ0n) is 23.8. The Morgan fingerprint density at radius 2 is 1.38 bits per heavy atom. The van der Waals surface area contributed by atoms with E-state index in [0.29, 0.717) is 6.61 Å². The number of ether oxygens (including phenoxy) is 3. The van der Waals surface area contributed by atoms with E-state index in [1.807, 2.05) is 24.3 Å². The van der Waals surface area contributed by atoms with Gasteiger partial charge < -0.3 is 19.1 Å². The van der Waals surface area contributed by atoms with Gasteiger partial charge in [0.1, 0.15) is 11.6 Å². The standard InChI is InChI=1S/C33H40F2N2O3/c1-4-33(30-22-32(39-3)31(38-2)21-26(30)13-20-40-33)14-15-36-16-18-37(19-17-36)23-29(24-5-9-27(34)10-6-24)25-7-11-28(35)12-8-25/h5-12,21-22,29H,4,13-20,23H2,1-3H3. The van der Waals surface area contributed by atoms with Gasteiger partial charge in [0.15, 0.2) is 11.5 Å². The first kappa shape index (κ1) is 28.5. The maximum atomic E-state index is 13.6. The number of hydrogen-bond acceptors (Lipinski definition) is 5. The summed E-state index contributed by atoms with van der Waals surface area (Å²) in [5.41, 5.74) is 4.25. The molecule has 40 heavy (non-hydrogen) atoms. The quantitative estimate of drug-likeness (QED) is 0.309. The highest BCUT2D eigenvalue weighted by atomic mass is 19.1. The lowest BCUT2D eigenvalue weighted by Gasteiger charge is -2.42. The van der Waals surface area contributed by atoms with Crippen molar-refractivity contribution in [1.29, 1.82) is 0 Å². The number of fused-ring (bicyclic) bond motifs is 1. The van der Waals surface area contributed by atoms with Crippen molar-refractivity contribution < 1.29 is 23.0 Å². The topological polar surface area (TPSA) is 34.2 Å². The molecule has 1 fully saturated rings. The third kappa shape index (κ3) is 6.17. The number of benzene rings is 3. The Bertz CT molecular complexity index is 1210. The summed E-state index contributed by atoms with van der Waals surface area (Å²) in [5.74, 6) is 1.07. The summed E-state index contributed by atoms with van der Waals surface area (Å²) in [5, 5.41) is 0. The number of hydrogen-bond donors (Lipinski definition) is 0. The molecule has 0 bridgehead atoms. The Kier molecular flexibility index (Phi) is 9.03. The Morgan fingerprint density at radius 1 is 0.825 bits per heavy atom. The molecule has 1 unspecified atom stereocenters. The molecule has 0 aliphatic carbocycles. The maximum Gasteiger partial charge on any atom is 0.161 e. The largest absolute Gasteiger partial charge is 0.493 e. The van der Waals surface area contributed by atoms with Crippen LogP contribution in [-0.4, -0.2) is 69.9 Å². The van der Waals surface area contributed by atoms with Crippen molar-refractivity contribution in [3.8, 4) is 11.5 Å². The van der Waals surface area contributed by atoms with Gasteiger partial charge in [0.25, 0.3) is 0 Å². The minimum absolute atomic E-state index is 0.0511. The first-order valence-corrected chi connectivity index (χ1v) is 14.3. The second kappa shape index (κ2) is 12.7. The molecular formula is C33H40F2N2O3. The van der Waals surface area contributed by atoms with Crippen molar-refractivity contribution in [2.75, 3.05) is 60.1 Å². The van der Waals surface area contributed by atoms with E-state index >= 15 is 0 Å². The third-order valence-corrected chi connectivity index (χ3v) is 8.70. The molecule has 2 aliphatic heterocycles. The lowest BCUT2D eigenvalue weighted by Crippen LogP contribution is -2.49. The Labute approximate surface area is 236 Å². The molecule has 1 saturated heterocycles. The summed E-state index contributed by atoms with van der Waals surface area (Å²) in [7, 11) is 3.36. The molecule has 0 spiro atoms. The second-order valence-corrected chi connectivity index (χ2v) is 10.9. The molecule has 0 radical (unpaired) electrons. The van der Waals surface area contributed by atoms with Gasteiger partial charge in [-0.2, -0.15) is 0 Å². The Hall–Kier alpha value is -3.00. The molecule has 5 rings (SSSR count). The third-order valence-electron chi connectivity index (χ3n) is 8.70. The van der Waals surface area contributed by atoms with Crippen molar-refractivity contribution in [2.24, 2.45) is 0 Å². The van der Waals surface area contributed by atoms with Crippen LogP contribution in [-0.2, 0) is 16.8 Å². The smallest absolute Gasteiger partial charge is 0.161 e. The fourth-order valence-corrected chi connectivity index (χ4v) is 6.25. The molecule has 0 amide bonds. The summed E-state index contributed by atoms with van der Waals surface area (Å²) in [6.07, 6.45) is 2.69. The van der Waals surface area contributed by atoms with Crippen LogP contribution < -0.4 is 9.47 Å². The summed E-state index contributed by atoms with van der Waals surface area (Å²) in [4.78, 5) is 4.99. The van der Waals surface area contributed by atoms with Crippen LogP contribution in [0.25, 0.3) is 0 Å². The number of piperazine rings is 1. The average molecular weight is 551 g/mol. The predicted molar refractivity (Wildman–Crippen MR) is 153 cm³/mol. The van der Waals surface area contributed by atoms with E-state index in [9.17, 15) is 8.78 Å². The van der Waals surface area contributed by atoms with Crippen molar-refractivity contribution in [1.82, 2.24) is 9.80 Å². The number of nitrogens with zero attached hydrogens (tertiary/aromatic N) is 2. The van der Waals surface area contributed by atoms with E-state index in [4.69, 9.17) is 14.2 Å². The molecule has 3 aromatic carbocycles. The SMILES string of the molecule is CCC1(CCN2CCN(CC(c3ccc(F)cc3)c3ccc(F)cc3)CC2)OCCc2cc(OC)c(OC)cc21. The van der Waals surface area contributed by atoms with Crippen LogP contribution in [0.2, 0.25) is 0 Å². The van der Waals surface area contributed by atoms with E-state index in [1.165, 1.54) is 35.4 Å². The minimum Gasteiger partial charge on any atom is -0.493 e. The molecule has 0 saturated carbocycles. The Morgan fingerprint density at radius 3 is 1.93 bits per heavy atom. The van der Waals surface area contributed by atoms with E-state index in [2.05, 4.69) is 28.9 Å². The summed E-state index contributed by atoms with van der Waals surface area (Å²) in [6, 6.07) is 17.6. The maximum absolute atomic E-state index is 13.6. The van der Waals surface area contributed by atoms with E-state index in [1.54, 1.807) is 14.2 Å². The Balaban J connectivity index is 1.23. The van der Waals surface area contributed by atoms with Crippen LogP contribution in [0, 0.1) is 11.6 Å². The van der Waals surface area contributed by atoms with Crippen LogP contribution in [0.5, 0.6) is 11.5 Å². The molecule has 1 atom stereocenters. The molecule has 0 aromatic heterocycles. The molecule has 2 heterocycles. The summed E-state index contributed by atoms with van der Waals surface area (Å²) >= 11 is 0. The van der Waals surface area contributed by atoms with Gasteiger partial charge in [-0.25, -0.2) is 8.78 Å². The van der Waals surface area contributed by atoms with Crippen molar-refractivity contribution in [3.63, 3.8) is 0 Å². The highest BCUT2D eigenvalue weighted by Gasteiger charge is 2.38. The van der Waals surface area contributed by atoms with Crippen molar-refractivity contribution in [3.05, 3.63) is 94.6 Å². The molecule has 214 valence electrons.